The molecular formula is C14H18Na2O15. The Bertz CT molecular complexity index is 559. The molecule has 0 bridgehead atoms. The number of hydrogen-bond acceptors (Lipinski definition) is 10. The number of carboxylic acid groups (broad SMARTS) is 7. The predicted octanol–water partition coefficient (Wildman–Crippen LogP) is -10.0. The third kappa shape index (κ3) is 33.1. The van der Waals surface area contributed by atoms with Crippen molar-refractivity contribution in [2.24, 2.45) is 0 Å². The molecule has 0 rings (SSSR count). The van der Waals surface area contributed by atoms with Gasteiger partial charge in [-0.05, 0) is 12.8 Å². The van der Waals surface area contributed by atoms with Gasteiger partial charge < -0.3 is 50.4 Å². The molecule has 0 heterocycles. The van der Waals surface area contributed by atoms with E-state index in [1.165, 1.54) is 0 Å². The first-order valence-corrected chi connectivity index (χ1v) is 7.26. The van der Waals surface area contributed by atoms with Gasteiger partial charge in [-0.3, -0.25) is 19.2 Å². The van der Waals surface area contributed by atoms with E-state index < -0.39 is 73.1 Å². The third-order valence-corrected chi connectivity index (χ3v) is 2.37. The standard InChI is InChI=1S/C6H8O7.2C4H6O4.2Na/c7-3(8)1-6(13,5(11)12)2-4(9)10;2*5-3(6)1-2-4(7)8;;/h13H,1-2H2,(H,7,8)(H,9,10)(H,11,12);2*1-2H2,(H,5,6)(H,7,8);;/q;;;2*+1/p-2. The molecule has 0 aromatic carbocycles. The van der Waals surface area contributed by atoms with Gasteiger partial charge in [0.1, 0.15) is 0 Å². The monoisotopic (exact) mass is 472 g/mol. The van der Waals surface area contributed by atoms with Gasteiger partial charge in [0.05, 0.1) is 25.7 Å². The van der Waals surface area contributed by atoms with Crippen molar-refractivity contribution in [3.05, 3.63) is 0 Å². The number of carboxylic acids is 7. The number of aliphatic hydroxyl groups is 1. The average Bonchev–Trinajstić information content (AvgIpc) is 2.50. The van der Waals surface area contributed by atoms with Crippen molar-refractivity contribution in [1.82, 2.24) is 0 Å². The summed E-state index contributed by atoms with van der Waals surface area (Å²) < 4.78 is 0. The van der Waals surface area contributed by atoms with Crippen molar-refractivity contribution in [2.45, 2.75) is 44.1 Å². The molecule has 0 radical (unpaired) electrons. The fraction of sp³-hybridized carbons (Fsp3) is 0.500. The second kappa shape index (κ2) is 21.5. The molecule has 0 aromatic heterocycles. The van der Waals surface area contributed by atoms with Gasteiger partial charge in [-0.25, -0.2) is 4.79 Å². The van der Waals surface area contributed by atoms with Crippen LogP contribution in [-0.4, -0.2) is 78.0 Å². The molecule has 0 aliphatic heterocycles. The first-order chi connectivity index (χ1) is 13.0. The van der Waals surface area contributed by atoms with Gasteiger partial charge in [0.15, 0.2) is 5.60 Å². The van der Waals surface area contributed by atoms with Crippen molar-refractivity contribution < 1.29 is 134 Å². The van der Waals surface area contributed by atoms with Gasteiger partial charge in [-0.1, -0.05) is 0 Å². The Morgan fingerprint density at radius 1 is 0.548 bits per heavy atom. The molecule has 0 atom stereocenters. The van der Waals surface area contributed by atoms with E-state index in [2.05, 4.69) is 0 Å². The first-order valence-electron chi connectivity index (χ1n) is 7.26. The maximum atomic E-state index is 10.3. The molecule has 0 fully saturated rings. The van der Waals surface area contributed by atoms with Crippen molar-refractivity contribution >= 4 is 41.8 Å². The van der Waals surface area contributed by atoms with Gasteiger partial charge >= 0.3 is 89.0 Å². The maximum absolute atomic E-state index is 10.3. The molecule has 31 heavy (non-hydrogen) atoms. The number of carbonyl (C=O) groups excluding carboxylic acids is 2. The van der Waals surface area contributed by atoms with Crippen LogP contribution in [0, 0.1) is 0 Å². The zero-order valence-electron chi connectivity index (χ0n) is 16.6. The fourth-order valence-electron chi connectivity index (χ4n) is 1.13. The fourth-order valence-corrected chi connectivity index (χ4v) is 1.13. The Hall–Kier alpha value is -1.75. The summed E-state index contributed by atoms with van der Waals surface area (Å²) in [7, 11) is 0. The van der Waals surface area contributed by atoms with E-state index >= 15 is 0 Å². The van der Waals surface area contributed by atoms with E-state index in [4.69, 9.17) is 30.6 Å². The van der Waals surface area contributed by atoms with Crippen molar-refractivity contribution in [3.63, 3.8) is 0 Å². The Morgan fingerprint density at radius 2 is 0.806 bits per heavy atom. The average molecular weight is 472 g/mol. The van der Waals surface area contributed by atoms with Gasteiger partial charge in [0.2, 0.25) is 0 Å². The topological polar surface area (TPSA) is 287 Å². The van der Waals surface area contributed by atoms with Gasteiger partial charge in [0, 0.05) is 11.9 Å². The molecule has 0 saturated heterocycles. The second-order valence-corrected chi connectivity index (χ2v) is 5.01. The predicted molar refractivity (Wildman–Crippen MR) is 80.8 cm³/mol. The van der Waals surface area contributed by atoms with Crippen LogP contribution in [0.4, 0.5) is 0 Å². The molecule has 0 aliphatic rings. The van der Waals surface area contributed by atoms with Crippen LogP contribution in [0.1, 0.15) is 38.5 Å². The number of hydrogen-bond donors (Lipinski definition) is 6. The van der Waals surface area contributed by atoms with Crippen molar-refractivity contribution in [2.75, 3.05) is 0 Å². The van der Waals surface area contributed by atoms with Gasteiger partial charge in [-0.2, -0.15) is 0 Å². The number of aliphatic carboxylic acids is 7. The molecule has 17 heteroatoms. The maximum Gasteiger partial charge on any atom is 1.00 e. The molecule has 0 aromatic rings. The molecule has 0 amide bonds. The Balaban J connectivity index is -0.000000111. The molecule has 6 N–H and O–H groups in total. The van der Waals surface area contributed by atoms with E-state index in [0.717, 1.165) is 0 Å². The van der Waals surface area contributed by atoms with Crippen LogP contribution >= 0.6 is 0 Å². The summed E-state index contributed by atoms with van der Waals surface area (Å²) in [6.45, 7) is 0. The molecule has 166 valence electrons. The van der Waals surface area contributed by atoms with Crippen LogP contribution < -0.4 is 69.3 Å². The van der Waals surface area contributed by atoms with Crippen LogP contribution in [0.5, 0.6) is 0 Å². The molecule has 15 nitrogen and oxygen atoms in total. The number of carbonyl (C=O) groups is 7. The van der Waals surface area contributed by atoms with Crippen LogP contribution in [-0.2, 0) is 33.6 Å². The summed E-state index contributed by atoms with van der Waals surface area (Å²) >= 11 is 0. The smallest absolute Gasteiger partial charge is 0.550 e. The van der Waals surface area contributed by atoms with Gasteiger partial charge in [0.25, 0.3) is 0 Å². The Labute approximate surface area is 218 Å². The van der Waals surface area contributed by atoms with E-state index in [0.29, 0.717) is 0 Å². The zero-order chi connectivity index (χ0) is 23.8. The minimum absolute atomic E-state index is 0. The van der Waals surface area contributed by atoms with E-state index in [1.807, 2.05) is 0 Å². The summed E-state index contributed by atoms with van der Waals surface area (Å²) in [4.78, 5) is 68.8. The van der Waals surface area contributed by atoms with Crippen LogP contribution in [0.2, 0.25) is 0 Å². The molecule has 0 saturated carbocycles. The SMILES string of the molecule is O=C(O)CC(O)(CC(=O)O)C(=O)O.O=C(O)CCC(=O)O.O=C([O-])CCC(=O)[O-].[Na+].[Na+]. The molecular weight excluding hydrogens is 454 g/mol. The summed E-state index contributed by atoms with van der Waals surface area (Å²) in [5, 5.41) is 68.6. The van der Waals surface area contributed by atoms with Crippen LogP contribution in [0.25, 0.3) is 0 Å². The first kappa shape index (κ1) is 39.7. The zero-order valence-corrected chi connectivity index (χ0v) is 20.6. The van der Waals surface area contributed by atoms with Crippen LogP contribution in [0.3, 0.4) is 0 Å². The van der Waals surface area contributed by atoms with Crippen LogP contribution in [0.15, 0.2) is 0 Å². The second-order valence-electron chi connectivity index (χ2n) is 5.01. The van der Waals surface area contributed by atoms with E-state index in [1.54, 1.807) is 0 Å². The minimum Gasteiger partial charge on any atom is -0.550 e. The minimum atomic E-state index is -2.74. The number of rotatable bonds is 11. The summed E-state index contributed by atoms with van der Waals surface area (Å²) in [6.07, 6.45) is -3.82. The normalized spacial score (nSPS) is 8.94. The third-order valence-electron chi connectivity index (χ3n) is 2.37. The molecule has 0 aliphatic carbocycles. The summed E-state index contributed by atoms with van der Waals surface area (Å²) in [6, 6.07) is 0. The quantitative estimate of drug-likeness (QED) is 0.152. The molecule has 0 unspecified atom stereocenters. The van der Waals surface area contributed by atoms with E-state index in [-0.39, 0.29) is 72.0 Å². The van der Waals surface area contributed by atoms with Crippen molar-refractivity contribution in [1.29, 1.82) is 0 Å². The van der Waals surface area contributed by atoms with Crippen molar-refractivity contribution in [3.8, 4) is 0 Å². The Morgan fingerprint density at radius 3 is 0.935 bits per heavy atom. The van der Waals surface area contributed by atoms with E-state index in [9.17, 15) is 43.8 Å². The molecule has 0 spiro atoms. The summed E-state index contributed by atoms with van der Waals surface area (Å²) in [5.74, 6) is -9.90. The largest absolute Gasteiger partial charge is 1.00 e. The Kier molecular flexibility index (Phi) is 27.5. The summed E-state index contributed by atoms with van der Waals surface area (Å²) in [5.41, 5.74) is -2.74. The van der Waals surface area contributed by atoms with Gasteiger partial charge in [-0.15, -0.1) is 0 Å².